The average molecular weight is 263 g/mol. The van der Waals surface area contributed by atoms with Crippen LogP contribution in [0.25, 0.3) is 0 Å². The Morgan fingerprint density at radius 2 is 2.28 bits per heavy atom. The molecule has 0 bridgehead atoms. The highest BCUT2D eigenvalue weighted by atomic mass is 32.2. The lowest BCUT2D eigenvalue weighted by molar-refractivity contribution is -0.143. The molecule has 1 amide bonds. The Labute approximate surface area is 109 Å². The zero-order chi connectivity index (χ0) is 13.0. The van der Waals surface area contributed by atoms with Gasteiger partial charge in [-0.1, -0.05) is 24.8 Å². The van der Waals surface area contributed by atoms with Crippen molar-refractivity contribution in [2.45, 2.75) is 16.6 Å². The fraction of sp³-hybridized carbons (Fsp3) is 0.231. The summed E-state index contributed by atoms with van der Waals surface area (Å²) in [4.78, 5) is 24.2. The molecule has 0 aromatic heterocycles. The largest absolute Gasteiger partial charge is 0.461 e. The van der Waals surface area contributed by atoms with E-state index in [-0.39, 0.29) is 24.9 Å². The summed E-state index contributed by atoms with van der Waals surface area (Å²) in [7, 11) is 0. The smallest absolute Gasteiger partial charge is 0.307 e. The number of nitrogens with one attached hydrogen (secondary N) is 1. The number of carbonyl (C=O) groups is 2. The minimum atomic E-state index is -0.433. The second kappa shape index (κ2) is 5.73. The molecule has 1 aromatic carbocycles. The highest BCUT2D eigenvalue weighted by molar-refractivity contribution is 8.01. The van der Waals surface area contributed by atoms with Crippen molar-refractivity contribution in [3.05, 3.63) is 36.9 Å². The third-order valence-corrected chi connectivity index (χ3v) is 3.70. The predicted molar refractivity (Wildman–Crippen MR) is 70.5 cm³/mol. The number of anilines is 1. The van der Waals surface area contributed by atoms with E-state index >= 15 is 0 Å². The molecule has 0 radical (unpaired) electrons. The summed E-state index contributed by atoms with van der Waals surface area (Å²) in [6, 6.07) is 7.52. The summed E-state index contributed by atoms with van der Waals surface area (Å²) < 4.78 is 4.88. The van der Waals surface area contributed by atoms with E-state index in [2.05, 4.69) is 11.9 Å². The van der Waals surface area contributed by atoms with Crippen LogP contribution < -0.4 is 5.32 Å². The molecule has 0 spiro atoms. The van der Waals surface area contributed by atoms with Crippen molar-refractivity contribution in [1.29, 1.82) is 0 Å². The zero-order valence-electron chi connectivity index (χ0n) is 9.72. The molecule has 0 aliphatic carbocycles. The van der Waals surface area contributed by atoms with Crippen LogP contribution in [0.4, 0.5) is 5.69 Å². The molecule has 1 aliphatic rings. The molecular weight excluding hydrogens is 250 g/mol. The van der Waals surface area contributed by atoms with Gasteiger partial charge in [-0.2, -0.15) is 0 Å². The maximum atomic E-state index is 11.8. The Balaban J connectivity index is 2.01. The van der Waals surface area contributed by atoms with E-state index in [0.29, 0.717) is 0 Å². The fourth-order valence-electron chi connectivity index (χ4n) is 1.59. The molecule has 1 aliphatic heterocycles. The molecule has 0 unspecified atom stereocenters. The van der Waals surface area contributed by atoms with Crippen molar-refractivity contribution < 1.29 is 14.3 Å². The first-order valence-electron chi connectivity index (χ1n) is 5.54. The number of hydrogen-bond acceptors (Lipinski definition) is 4. The van der Waals surface area contributed by atoms with Crippen molar-refractivity contribution in [3.8, 4) is 0 Å². The minimum Gasteiger partial charge on any atom is -0.461 e. The van der Waals surface area contributed by atoms with Crippen LogP contribution >= 0.6 is 11.8 Å². The highest BCUT2D eigenvalue weighted by Gasteiger charge is 2.29. The number of esters is 1. The summed E-state index contributed by atoms with van der Waals surface area (Å²) in [5.74, 6) is -0.545. The van der Waals surface area contributed by atoms with Crippen molar-refractivity contribution in [3.63, 3.8) is 0 Å². The number of rotatable bonds is 4. The first kappa shape index (κ1) is 12.7. The number of carbonyl (C=O) groups excluding carboxylic acids is 2. The van der Waals surface area contributed by atoms with Crippen LogP contribution in [0.3, 0.4) is 0 Å². The Kier molecular flexibility index (Phi) is 4.04. The maximum absolute atomic E-state index is 11.8. The van der Waals surface area contributed by atoms with E-state index in [1.807, 2.05) is 24.3 Å². The number of amides is 1. The molecule has 94 valence electrons. The molecule has 1 atom stereocenters. The average Bonchev–Trinajstić information content (AvgIpc) is 2.37. The Hall–Kier alpha value is -1.75. The summed E-state index contributed by atoms with van der Waals surface area (Å²) in [5, 5.41) is 2.35. The number of thioether (sulfide) groups is 1. The number of benzene rings is 1. The monoisotopic (exact) mass is 263 g/mol. The van der Waals surface area contributed by atoms with Crippen LogP contribution in [0, 0.1) is 0 Å². The van der Waals surface area contributed by atoms with Gasteiger partial charge in [0.25, 0.3) is 0 Å². The first-order valence-corrected chi connectivity index (χ1v) is 6.41. The molecule has 1 N–H and O–H groups in total. The normalized spacial score (nSPS) is 17.6. The van der Waals surface area contributed by atoms with E-state index in [4.69, 9.17) is 4.74 Å². The number of ether oxygens (including phenoxy) is 1. The van der Waals surface area contributed by atoms with Gasteiger partial charge in [-0.3, -0.25) is 9.59 Å². The van der Waals surface area contributed by atoms with E-state index in [1.165, 1.54) is 17.8 Å². The number of fused-ring (bicyclic) bond motifs is 1. The molecule has 1 heterocycles. The summed E-state index contributed by atoms with van der Waals surface area (Å²) >= 11 is 1.39. The molecule has 0 saturated carbocycles. The van der Waals surface area contributed by atoms with Crippen LogP contribution in [-0.2, 0) is 14.3 Å². The zero-order valence-corrected chi connectivity index (χ0v) is 10.5. The van der Waals surface area contributed by atoms with Gasteiger partial charge >= 0.3 is 5.97 Å². The molecule has 0 fully saturated rings. The lowest BCUT2D eigenvalue weighted by Crippen LogP contribution is -2.31. The highest BCUT2D eigenvalue weighted by Crippen LogP contribution is 2.36. The summed E-state index contributed by atoms with van der Waals surface area (Å²) in [5.41, 5.74) is 0.795. The van der Waals surface area contributed by atoms with Crippen molar-refractivity contribution >= 4 is 29.3 Å². The van der Waals surface area contributed by atoms with Crippen molar-refractivity contribution in [1.82, 2.24) is 0 Å². The minimum absolute atomic E-state index is 0.0681. The van der Waals surface area contributed by atoms with Gasteiger partial charge in [0.05, 0.1) is 17.4 Å². The van der Waals surface area contributed by atoms with Crippen LogP contribution in [0.1, 0.15) is 6.42 Å². The maximum Gasteiger partial charge on any atom is 0.307 e. The number of hydrogen-bond donors (Lipinski definition) is 1. The third-order valence-electron chi connectivity index (χ3n) is 2.42. The molecule has 5 heteroatoms. The molecule has 1 aromatic rings. The molecule has 18 heavy (non-hydrogen) atoms. The van der Waals surface area contributed by atoms with Gasteiger partial charge in [0.15, 0.2) is 0 Å². The Bertz CT molecular complexity index is 487. The second-order valence-electron chi connectivity index (χ2n) is 3.77. The van der Waals surface area contributed by atoms with E-state index < -0.39 is 5.25 Å². The van der Waals surface area contributed by atoms with E-state index in [9.17, 15) is 9.59 Å². The van der Waals surface area contributed by atoms with Crippen molar-refractivity contribution in [2.75, 3.05) is 11.9 Å². The van der Waals surface area contributed by atoms with E-state index in [0.717, 1.165) is 10.6 Å². The molecule has 0 saturated heterocycles. The van der Waals surface area contributed by atoms with Gasteiger partial charge in [-0.15, -0.1) is 11.8 Å². The molecular formula is C13H13NO3S. The van der Waals surface area contributed by atoms with Crippen LogP contribution in [-0.4, -0.2) is 23.7 Å². The third kappa shape index (κ3) is 2.92. The Morgan fingerprint density at radius 3 is 3.06 bits per heavy atom. The van der Waals surface area contributed by atoms with Gasteiger partial charge in [-0.25, -0.2) is 0 Å². The topological polar surface area (TPSA) is 55.4 Å². The molecule has 2 rings (SSSR count). The standard InChI is InChI=1S/C13H13NO3S/c1-2-7-17-12(15)8-11-13(16)14-9-5-3-4-6-10(9)18-11/h2-6,11H,1,7-8H2,(H,14,16)/t11-/m1/s1. The first-order chi connectivity index (χ1) is 8.70. The van der Waals surface area contributed by atoms with Crippen molar-refractivity contribution in [2.24, 2.45) is 0 Å². The quantitative estimate of drug-likeness (QED) is 0.668. The van der Waals surface area contributed by atoms with Crippen LogP contribution in [0.15, 0.2) is 41.8 Å². The van der Waals surface area contributed by atoms with Gasteiger partial charge in [0.2, 0.25) is 5.91 Å². The van der Waals surface area contributed by atoms with Gasteiger partial charge in [-0.05, 0) is 12.1 Å². The van der Waals surface area contributed by atoms with Crippen LogP contribution in [0.2, 0.25) is 0 Å². The lowest BCUT2D eigenvalue weighted by Gasteiger charge is -2.23. The predicted octanol–water partition coefficient (Wildman–Crippen LogP) is 2.22. The van der Waals surface area contributed by atoms with Gasteiger partial charge in [0.1, 0.15) is 6.61 Å². The number of para-hydroxylation sites is 1. The molecule has 4 nitrogen and oxygen atoms in total. The SMILES string of the molecule is C=CCOC(=O)C[C@H]1Sc2ccccc2NC1=O. The second-order valence-corrected chi connectivity index (χ2v) is 5.01. The lowest BCUT2D eigenvalue weighted by atomic mass is 10.2. The summed E-state index contributed by atoms with van der Waals surface area (Å²) in [6.45, 7) is 3.64. The summed E-state index contributed by atoms with van der Waals surface area (Å²) in [6.07, 6.45) is 1.57. The van der Waals surface area contributed by atoms with E-state index in [1.54, 1.807) is 0 Å². The van der Waals surface area contributed by atoms with Gasteiger partial charge < -0.3 is 10.1 Å². The van der Waals surface area contributed by atoms with Crippen LogP contribution in [0.5, 0.6) is 0 Å². The fourth-order valence-corrected chi connectivity index (χ4v) is 2.68. The van der Waals surface area contributed by atoms with Gasteiger partial charge in [0, 0.05) is 4.90 Å². The Morgan fingerprint density at radius 1 is 1.50 bits per heavy atom.